The Morgan fingerprint density at radius 2 is 1.90 bits per heavy atom. The van der Waals surface area contributed by atoms with Crippen LogP contribution in [-0.2, 0) is 10.3 Å². The minimum Gasteiger partial charge on any atom is -0.481 e. The quantitative estimate of drug-likeness (QED) is 0.750. The van der Waals surface area contributed by atoms with E-state index in [0.717, 1.165) is 36.1 Å². The average Bonchev–Trinajstić information content (AvgIpc) is 2.66. The number of carboxylic acids is 1. The van der Waals surface area contributed by atoms with Gasteiger partial charge in [-0.1, -0.05) is 29.3 Å². The topological polar surface area (TPSA) is 84.2 Å². The third-order valence-electron chi connectivity index (χ3n) is 7.53. The van der Waals surface area contributed by atoms with Gasteiger partial charge in [0.1, 0.15) is 5.02 Å². The second-order valence-corrected chi connectivity index (χ2v) is 9.94. The molecule has 1 aromatic heterocycles. The molecule has 0 aliphatic heterocycles. The summed E-state index contributed by atoms with van der Waals surface area (Å²) in [5.41, 5.74) is 2.34. The lowest BCUT2D eigenvalue weighted by atomic mass is 9.48. The molecule has 7 heteroatoms. The molecule has 4 aliphatic carbocycles. The van der Waals surface area contributed by atoms with Gasteiger partial charge in [-0.15, -0.1) is 0 Å². The molecule has 30 heavy (non-hydrogen) atoms. The largest absolute Gasteiger partial charge is 0.481 e. The van der Waals surface area contributed by atoms with Gasteiger partial charge in [0.2, 0.25) is 0 Å². The van der Waals surface area contributed by atoms with Gasteiger partial charge in [-0.05, 0) is 75.3 Å². The highest BCUT2D eigenvalue weighted by atomic mass is 35.5. The molecule has 6 rings (SSSR count). The van der Waals surface area contributed by atoms with E-state index < -0.39 is 23.0 Å². The summed E-state index contributed by atoms with van der Waals surface area (Å²) in [7, 11) is 0. The maximum atomic E-state index is 13.3. The van der Waals surface area contributed by atoms with Crippen molar-refractivity contribution < 1.29 is 9.90 Å². The van der Waals surface area contributed by atoms with E-state index in [9.17, 15) is 14.7 Å². The fraction of sp³-hybridized carbons (Fsp3) is 0.522. The molecule has 0 amide bonds. The average molecular weight is 428 g/mol. The summed E-state index contributed by atoms with van der Waals surface area (Å²) in [6, 6.07) is 5.99. The van der Waals surface area contributed by atoms with E-state index in [1.54, 1.807) is 6.20 Å². The van der Waals surface area contributed by atoms with E-state index in [-0.39, 0.29) is 10.9 Å². The molecule has 3 atom stereocenters. The maximum absolute atomic E-state index is 13.3. The third kappa shape index (κ3) is 2.88. The van der Waals surface area contributed by atoms with E-state index in [1.165, 1.54) is 4.68 Å². The van der Waals surface area contributed by atoms with Gasteiger partial charge in [-0.2, -0.15) is 5.10 Å². The van der Waals surface area contributed by atoms with Crippen LogP contribution >= 0.6 is 11.6 Å². The van der Waals surface area contributed by atoms with Gasteiger partial charge >= 0.3 is 5.97 Å². The van der Waals surface area contributed by atoms with Crippen LogP contribution in [0.1, 0.15) is 43.2 Å². The number of aryl methyl sites for hydroxylation is 2. The Hall–Kier alpha value is -2.34. The predicted octanol–water partition coefficient (Wildman–Crippen LogP) is 4.49. The molecule has 2 N–H and O–H groups in total. The molecule has 4 bridgehead atoms. The standard InChI is InChI=1S/C23H26ClN3O3/c1-12-3-4-17(13(2)5-12)26-18-11-25-27(21(28)20(18)24)23-9-14-6-15(10-23)8-16(7-14)19(23)22(29)30/h3-5,11,14-16,19,26H,6-10H2,1-2H3,(H,29,30)/t14-,15-,16?,19-,23?/m0/s1. The molecule has 1 heterocycles. The van der Waals surface area contributed by atoms with E-state index in [4.69, 9.17) is 11.6 Å². The Bertz CT molecular complexity index is 1080. The summed E-state index contributed by atoms with van der Waals surface area (Å²) in [6.45, 7) is 4.02. The lowest BCUT2D eigenvalue weighted by Gasteiger charge is -2.59. The second kappa shape index (κ2) is 6.84. The lowest BCUT2D eigenvalue weighted by molar-refractivity contribution is -0.168. The summed E-state index contributed by atoms with van der Waals surface area (Å²) in [5.74, 6) is -0.336. The van der Waals surface area contributed by atoms with E-state index in [1.807, 2.05) is 26.0 Å². The number of hydrogen-bond acceptors (Lipinski definition) is 4. The summed E-state index contributed by atoms with van der Waals surface area (Å²) < 4.78 is 1.42. The van der Waals surface area contributed by atoms with Crippen molar-refractivity contribution in [1.82, 2.24) is 9.78 Å². The summed E-state index contributed by atoms with van der Waals surface area (Å²) in [4.78, 5) is 25.6. The summed E-state index contributed by atoms with van der Waals surface area (Å²) in [5, 5.41) is 17.8. The Balaban J connectivity index is 1.56. The third-order valence-corrected chi connectivity index (χ3v) is 7.90. The Morgan fingerprint density at radius 1 is 1.20 bits per heavy atom. The van der Waals surface area contributed by atoms with Crippen LogP contribution in [0.15, 0.2) is 29.2 Å². The van der Waals surface area contributed by atoms with Crippen molar-refractivity contribution in [2.45, 2.75) is 51.5 Å². The van der Waals surface area contributed by atoms with Gasteiger partial charge in [-0.3, -0.25) is 9.59 Å². The van der Waals surface area contributed by atoms with Crippen LogP contribution in [0.3, 0.4) is 0 Å². The number of carboxylic acid groups (broad SMARTS) is 1. The van der Waals surface area contributed by atoms with E-state index in [2.05, 4.69) is 16.5 Å². The van der Waals surface area contributed by atoms with Crippen LogP contribution in [0, 0.1) is 37.5 Å². The molecule has 2 aromatic rings. The number of aliphatic carboxylic acids is 1. The van der Waals surface area contributed by atoms with Gasteiger partial charge in [0.05, 0.1) is 23.3 Å². The monoisotopic (exact) mass is 427 g/mol. The molecule has 158 valence electrons. The summed E-state index contributed by atoms with van der Waals surface area (Å²) >= 11 is 6.52. The zero-order valence-electron chi connectivity index (χ0n) is 17.2. The van der Waals surface area contributed by atoms with Gasteiger partial charge < -0.3 is 10.4 Å². The number of anilines is 2. The van der Waals surface area contributed by atoms with Gasteiger partial charge in [0, 0.05) is 5.69 Å². The van der Waals surface area contributed by atoms with Crippen molar-refractivity contribution in [2.24, 2.45) is 23.7 Å². The highest BCUT2D eigenvalue weighted by Crippen LogP contribution is 2.61. The minimum atomic E-state index is -0.818. The molecule has 0 unspecified atom stereocenters. The van der Waals surface area contributed by atoms with Crippen molar-refractivity contribution >= 4 is 28.9 Å². The van der Waals surface area contributed by atoms with E-state index in [0.29, 0.717) is 30.4 Å². The molecular weight excluding hydrogens is 402 g/mol. The van der Waals surface area contributed by atoms with Crippen LogP contribution in [0.5, 0.6) is 0 Å². The van der Waals surface area contributed by atoms with Crippen LogP contribution in [0.4, 0.5) is 11.4 Å². The first-order valence-electron chi connectivity index (χ1n) is 10.6. The van der Waals surface area contributed by atoms with Crippen LogP contribution in [-0.4, -0.2) is 20.9 Å². The number of benzene rings is 1. The van der Waals surface area contributed by atoms with Gasteiger partial charge in [0.15, 0.2) is 0 Å². The van der Waals surface area contributed by atoms with Crippen molar-refractivity contribution in [1.29, 1.82) is 0 Å². The molecule has 0 saturated heterocycles. The smallest absolute Gasteiger partial charge is 0.309 e. The van der Waals surface area contributed by atoms with Gasteiger partial charge in [-0.25, -0.2) is 4.68 Å². The second-order valence-electron chi connectivity index (χ2n) is 9.56. The van der Waals surface area contributed by atoms with Gasteiger partial charge in [0.25, 0.3) is 5.56 Å². The molecule has 0 radical (unpaired) electrons. The molecule has 0 spiro atoms. The Morgan fingerprint density at radius 3 is 2.53 bits per heavy atom. The predicted molar refractivity (Wildman–Crippen MR) is 115 cm³/mol. The number of halogens is 1. The van der Waals surface area contributed by atoms with Crippen molar-refractivity contribution in [3.05, 3.63) is 50.9 Å². The lowest BCUT2D eigenvalue weighted by Crippen LogP contribution is -2.63. The minimum absolute atomic E-state index is 0.0601. The number of rotatable bonds is 4. The molecular formula is C23H26ClN3O3. The Labute approximate surface area is 180 Å². The van der Waals surface area contributed by atoms with Crippen molar-refractivity contribution in [3.8, 4) is 0 Å². The molecule has 6 nitrogen and oxygen atoms in total. The van der Waals surface area contributed by atoms with E-state index >= 15 is 0 Å². The highest BCUT2D eigenvalue weighted by molar-refractivity contribution is 6.33. The van der Waals surface area contributed by atoms with Crippen LogP contribution in [0.2, 0.25) is 5.02 Å². The Kier molecular flexibility index (Phi) is 4.47. The maximum Gasteiger partial charge on any atom is 0.309 e. The normalized spacial score (nSPS) is 31.7. The SMILES string of the molecule is Cc1ccc(Nc2cnn(C34C[C@@H]5CC(C[C@H](C5)C3)[C@H]4C(=O)O)c(=O)c2Cl)c(C)c1. The first-order chi connectivity index (χ1) is 14.3. The van der Waals surface area contributed by atoms with Crippen LogP contribution in [0.25, 0.3) is 0 Å². The molecule has 1 aromatic carbocycles. The zero-order chi connectivity index (χ0) is 21.2. The van der Waals surface area contributed by atoms with Crippen LogP contribution < -0.4 is 10.9 Å². The van der Waals surface area contributed by atoms with Crippen molar-refractivity contribution in [3.63, 3.8) is 0 Å². The number of aromatic nitrogens is 2. The fourth-order valence-corrected chi connectivity index (χ4v) is 6.85. The first-order valence-corrected chi connectivity index (χ1v) is 11.0. The highest BCUT2D eigenvalue weighted by Gasteiger charge is 2.61. The number of nitrogens with zero attached hydrogens (tertiary/aromatic N) is 2. The molecule has 4 fully saturated rings. The number of nitrogens with one attached hydrogen (secondary N) is 1. The zero-order valence-corrected chi connectivity index (χ0v) is 17.9. The fourth-order valence-electron chi connectivity index (χ4n) is 6.67. The van der Waals surface area contributed by atoms with Crippen molar-refractivity contribution in [2.75, 3.05) is 5.32 Å². The molecule has 4 aliphatic rings. The number of hydrogen-bond donors (Lipinski definition) is 2. The molecule has 4 saturated carbocycles. The summed E-state index contributed by atoms with van der Waals surface area (Å²) in [6.07, 6.45) is 6.00. The first kappa shape index (κ1) is 19.6. The number of carbonyl (C=O) groups is 1.